The van der Waals surface area contributed by atoms with Gasteiger partial charge in [-0.25, -0.2) is 0 Å². The quantitative estimate of drug-likeness (QED) is 0.604. The second kappa shape index (κ2) is 6.45. The maximum Gasteiger partial charge on any atom is 0.252 e. The number of para-hydroxylation sites is 1. The van der Waals surface area contributed by atoms with Gasteiger partial charge in [0.05, 0.1) is 11.6 Å². The van der Waals surface area contributed by atoms with Crippen LogP contribution >= 0.6 is 34.2 Å². The van der Waals surface area contributed by atoms with Crippen LogP contribution < -0.4 is 11.1 Å². The van der Waals surface area contributed by atoms with Crippen LogP contribution in [0.5, 0.6) is 0 Å². The van der Waals surface area contributed by atoms with Gasteiger partial charge in [-0.15, -0.1) is 0 Å². The zero-order valence-electron chi connectivity index (χ0n) is 10.9. The van der Waals surface area contributed by atoms with Crippen molar-refractivity contribution in [1.29, 1.82) is 0 Å². The number of halogens is 2. The second-order valence-corrected chi connectivity index (χ2v) is 6.05. The van der Waals surface area contributed by atoms with E-state index in [0.717, 1.165) is 9.13 Å². The molecule has 0 aromatic heterocycles. The zero-order chi connectivity index (χ0) is 14.7. The van der Waals surface area contributed by atoms with Crippen LogP contribution in [0.4, 0.5) is 5.69 Å². The summed E-state index contributed by atoms with van der Waals surface area (Å²) >= 11 is 8.05. The van der Waals surface area contributed by atoms with Crippen LogP contribution in [-0.2, 0) is 0 Å². The first-order valence-electron chi connectivity index (χ1n) is 6.09. The van der Waals surface area contributed by atoms with Crippen LogP contribution in [0.15, 0.2) is 42.5 Å². The Bertz CT molecular complexity index is 646. The van der Waals surface area contributed by atoms with Crippen molar-refractivity contribution in [3.05, 3.63) is 62.2 Å². The summed E-state index contributed by atoms with van der Waals surface area (Å²) in [5, 5.41) is 3.48. The van der Waals surface area contributed by atoms with Gasteiger partial charge in [0.25, 0.3) is 5.91 Å². The van der Waals surface area contributed by atoms with E-state index in [-0.39, 0.29) is 11.9 Å². The van der Waals surface area contributed by atoms with Crippen molar-refractivity contribution < 1.29 is 4.79 Å². The number of benzene rings is 2. The summed E-state index contributed by atoms with van der Waals surface area (Å²) in [5.41, 5.74) is 8.05. The molecule has 5 heteroatoms. The van der Waals surface area contributed by atoms with Crippen molar-refractivity contribution in [2.75, 3.05) is 5.73 Å². The lowest BCUT2D eigenvalue weighted by molar-refractivity contribution is 0.0939. The molecule has 1 unspecified atom stereocenters. The van der Waals surface area contributed by atoms with Crippen LogP contribution in [0.2, 0.25) is 5.02 Å². The average molecular weight is 401 g/mol. The lowest BCUT2D eigenvalue weighted by Gasteiger charge is -2.17. The van der Waals surface area contributed by atoms with Crippen LogP contribution in [0.25, 0.3) is 0 Å². The summed E-state index contributed by atoms with van der Waals surface area (Å²) in [6.45, 7) is 1.90. The molecule has 2 aromatic rings. The monoisotopic (exact) mass is 400 g/mol. The van der Waals surface area contributed by atoms with E-state index >= 15 is 0 Å². The lowest BCUT2D eigenvalue weighted by atomic mass is 10.1. The first-order chi connectivity index (χ1) is 9.49. The van der Waals surface area contributed by atoms with Gasteiger partial charge in [0.1, 0.15) is 0 Å². The van der Waals surface area contributed by atoms with Gasteiger partial charge >= 0.3 is 0 Å². The number of anilines is 1. The molecule has 0 saturated heterocycles. The Morgan fingerprint density at radius 1 is 1.30 bits per heavy atom. The molecule has 2 aromatic carbocycles. The number of hydrogen-bond acceptors (Lipinski definition) is 2. The fraction of sp³-hybridized carbons (Fsp3) is 0.133. The number of nitrogens with one attached hydrogen (secondary N) is 1. The smallest absolute Gasteiger partial charge is 0.252 e. The summed E-state index contributed by atoms with van der Waals surface area (Å²) < 4.78 is 0.859. The van der Waals surface area contributed by atoms with Gasteiger partial charge in [-0.2, -0.15) is 0 Å². The third-order valence-electron chi connectivity index (χ3n) is 2.98. The molecular weight excluding hydrogens is 387 g/mol. The van der Waals surface area contributed by atoms with Crippen molar-refractivity contribution in [3.8, 4) is 0 Å². The SMILES string of the molecule is CC(NC(=O)c1cc(Cl)ccc1I)c1ccccc1N. The zero-order valence-corrected chi connectivity index (χ0v) is 13.8. The van der Waals surface area contributed by atoms with Crippen LogP contribution in [0.1, 0.15) is 28.9 Å². The summed E-state index contributed by atoms with van der Waals surface area (Å²) in [6.07, 6.45) is 0. The molecule has 3 nitrogen and oxygen atoms in total. The Balaban J connectivity index is 2.20. The van der Waals surface area contributed by atoms with E-state index in [1.807, 2.05) is 37.3 Å². The summed E-state index contributed by atoms with van der Waals surface area (Å²) in [5.74, 6) is -0.160. The molecule has 0 saturated carbocycles. The molecule has 0 heterocycles. The molecule has 20 heavy (non-hydrogen) atoms. The van der Waals surface area contributed by atoms with Crippen molar-refractivity contribution in [3.63, 3.8) is 0 Å². The predicted octanol–water partition coefficient (Wildman–Crippen LogP) is 4.02. The van der Waals surface area contributed by atoms with E-state index in [4.69, 9.17) is 17.3 Å². The first-order valence-corrected chi connectivity index (χ1v) is 7.55. The summed E-state index contributed by atoms with van der Waals surface area (Å²) in [7, 11) is 0. The lowest BCUT2D eigenvalue weighted by Crippen LogP contribution is -2.27. The number of amides is 1. The number of nitrogens with two attached hydrogens (primary N) is 1. The van der Waals surface area contributed by atoms with Gasteiger partial charge in [-0.1, -0.05) is 29.8 Å². The van der Waals surface area contributed by atoms with Crippen LogP contribution in [-0.4, -0.2) is 5.91 Å². The van der Waals surface area contributed by atoms with Crippen molar-refractivity contribution in [2.45, 2.75) is 13.0 Å². The molecule has 0 fully saturated rings. The van der Waals surface area contributed by atoms with E-state index < -0.39 is 0 Å². The Labute approximate surface area is 136 Å². The standard InChI is InChI=1S/C15H14ClIN2O/c1-9(11-4-2-3-5-14(11)18)19-15(20)12-8-10(16)6-7-13(12)17/h2-9H,18H2,1H3,(H,19,20). The molecule has 0 spiro atoms. The highest BCUT2D eigenvalue weighted by atomic mass is 127. The molecule has 0 aliphatic carbocycles. The van der Waals surface area contributed by atoms with E-state index in [1.54, 1.807) is 12.1 Å². The second-order valence-electron chi connectivity index (χ2n) is 4.45. The number of carbonyl (C=O) groups excluding carboxylic acids is 1. The van der Waals surface area contributed by atoms with Crippen molar-refractivity contribution in [2.24, 2.45) is 0 Å². The maximum atomic E-state index is 12.3. The minimum absolute atomic E-state index is 0.160. The fourth-order valence-corrected chi connectivity index (χ4v) is 2.68. The van der Waals surface area contributed by atoms with E-state index in [1.165, 1.54) is 0 Å². The van der Waals surface area contributed by atoms with Crippen molar-refractivity contribution in [1.82, 2.24) is 5.32 Å². The third-order valence-corrected chi connectivity index (χ3v) is 4.16. The van der Waals surface area contributed by atoms with Gasteiger partial charge in [-0.05, 0) is 59.3 Å². The number of nitrogen functional groups attached to an aromatic ring is 1. The van der Waals surface area contributed by atoms with E-state index in [0.29, 0.717) is 16.3 Å². The summed E-state index contributed by atoms with van der Waals surface area (Å²) in [4.78, 5) is 12.3. The molecule has 0 radical (unpaired) electrons. The number of hydrogen-bond donors (Lipinski definition) is 2. The third kappa shape index (κ3) is 3.43. The van der Waals surface area contributed by atoms with Gasteiger partial charge < -0.3 is 11.1 Å². The van der Waals surface area contributed by atoms with Gasteiger partial charge in [0.2, 0.25) is 0 Å². The largest absolute Gasteiger partial charge is 0.398 e. The number of rotatable bonds is 3. The Hall–Kier alpha value is -1.27. The Kier molecular flexibility index (Phi) is 4.88. The summed E-state index contributed by atoms with van der Waals surface area (Å²) in [6, 6.07) is 12.6. The molecule has 0 aliphatic heterocycles. The van der Waals surface area contributed by atoms with Gasteiger partial charge in [0.15, 0.2) is 0 Å². The van der Waals surface area contributed by atoms with Crippen molar-refractivity contribution >= 4 is 45.8 Å². The minimum Gasteiger partial charge on any atom is -0.398 e. The molecular formula is C15H14ClIN2O. The topological polar surface area (TPSA) is 55.1 Å². The predicted molar refractivity (Wildman–Crippen MR) is 90.9 cm³/mol. The highest BCUT2D eigenvalue weighted by molar-refractivity contribution is 14.1. The molecule has 0 bridgehead atoms. The molecule has 0 aliphatic rings. The Morgan fingerprint density at radius 3 is 2.70 bits per heavy atom. The first kappa shape index (κ1) is 15.1. The average Bonchev–Trinajstić information content (AvgIpc) is 2.41. The molecule has 1 atom stereocenters. The Morgan fingerprint density at radius 2 is 2.00 bits per heavy atom. The fourth-order valence-electron chi connectivity index (χ4n) is 1.93. The van der Waals surface area contributed by atoms with E-state index in [2.05, 4.69) is 27.9 Å². The minimum atomic E-state index is -0.168. The molecule has 1 amide bonds. The number of carbonyl (C=O) groups is 1. The van der Waals surface area contributed by atoms with Crippen LogP contribution in [0.3, 0.4) is 0 Å². The molecule has 104 valence electrons. The molecule has 2 rings (SSSR count). The maximum absolute atomic E-state index is 12.3. The highest BCUT2D eigenvalue weighted by Gasteiger charge is 2.15. The normalized spacial score (nSPS) is 11.9. The van der Waals surface area contributed by atoms with E-state index in [9.17, 15) is 4.79 Å². The van der Waals surface area contributed by atoms with Crippen LogP contribution in [0, 0.1) is 3.57 Å². The molecule has 3 N–H and O–H groups in total. The van der Waals surface area contributed by atoms with Gasteiger partial charge in [-0.3, -0.25) is 4.79 Å². The van der Waals surface area contributed by atoms with Gasteiger partial charge in [0, 0.05) is 14.3 Å². The highest BCUT2D eigenvalue weighted by Crippen LogP contribution is 2.22.